The summed E-state index contributed by atoms with van der Waals surface area (Å²) in [6, 6.07) is 12.4. The van der Waals surface area contributed by atoms with Gasteiger partial charge in [-0.05, 0) is 36.3 Å². The van der Waals surface area contributed by atoms with Gasteiger partial charge in [-0.2, -0.15) is 0 Å². The summed E-state index contributed by atoms with van der Waals surface area (Å²) in [5.74, 6) is -6.95. The minimum Gasteiger partial charge on any atom is -0.481 e. The Labute approximate surface area is 354 Å². The van der Waals surface area contributed by atoms with Crippen molar-refractivity contribution in [2.45, 2.75) is 103 Å². The second kappa shape index (κ2) is 25.3. The fourth-order valence-electron chi connectivity index (χ4n) is 6.33. The van der Waals surface area contributed by atoms with E-state index in [1.165, 1.54) is 4.90 Å². The van der Waals surface area contributed by atoms with Gasteiger partial charge in [0.15, 0.2) is 0 Å². The molecule has 3 rings (SSSR count). The molecule has 1 unspecified atom stereocenters. The van der Waals surface area contributed by atoms with Gasteiger partial charge in [-0.25, -0.2) is 4.79 Å². The average Bonchev–Trinajstić information content (AvgIpc) is 3.68. The topological polar surface area (TPSA) is 282 Å². The predicted molar refractivity (Wildman–Crippen MR) is 219 cm³/mol. The fraction of sp³-hybridized carbons (Fsp3) is 0.500. The number of carboxylic acids is 1. The van der Waals surface area contributed by atoms with E-state index < -0.39 is 90.1 Å². The molecule has 7 amide bonds. The van der Waals surface area contributed by atoms with E-state index in [4.69, 9.17) is 20.3 Å². The highest BCUT2D eigenvalue weighted by Crippen LogP contribution is 2.24. The van der Waals surface area contributed by atoms with Gasteiger partial charge in [0.1, 0.15) is 18.1 Å². The van der Waals surface area contributed by atoms with Crippen molar-refractivity contribution in [3.8, 4) is 0 Å². The van der Waals surface area contributed by atoms with Crippen LogP contribution in [0.3, 0.4) is 0 Å². The summed E-state index contributed by atoms with van der Waals surface area (Å²) in [7, 11) is 0. The standard InChI is InChI=1S/C42H57N7O12/c1-4-12-30(37(54)40(57)45-22-34(51)48-36(38(43)55)28-15-9-6-10-16-28)46-39(56)32-21-29(60-25-27-13-7-5-8-14-27)23-49(32)41(58)31(47-42(59)61-24-26(2)3)17-11-20-44-33(50)18-19-35(52)53/h5-10,13-16,26,29-32,36H,4,11-12,17-25H2,1-3H3,(H2,43,55)(H,44,50)(H,45,57)(H,46,56)(H,47,59)(H,48,51)(H,52,53)/t29-,30?,31+,32+,36+/m1/s1. The van der Waals surface area contributed by atoms with Gasteiger partial charge in [0.25, 0.3) is 5.91 Å². The monoisotopic (exact) mass is 851 g/mol. The number of likely N-dealkylation sites (tertiary alicyclic amines) is 1. The lowest BCUT2D eigenvalue weighted by atomic mass is 10.0. The molecule has 1 saturated heterocycles. The Morgan fingerprint density at radius 1 is 0.836 bits per heavy atom. The van der Waals surface area contributed by atoms with E-state index in [1.807, 2.05) is 44.2 Å². The number of benzene rings is 2. The van der Waals surface area contributed by atoms with Crippen molar-refractivity contribution in [3.05, 3.63) is 71.8 Å². The number of aliphatic carboxylic acids is 1. The zero-order valence-electron chi connectivity index (χ0n) is 34.7. The van der Waals surface area contributed by atoms with Crippen molar-refractivity contribution >= 4 is 53.3 Å². The van der Waals surface area contributed by atoms with Crippen LogP contribution < -0.4 is 32.3 Å². The molecule has 332 valence electrons. The van der Waals surface area contributed by atoms with Crippen molar-refractivity contribution < 1.29 is 57.7 Å². The van der Waals surface area contributed by atoms with Gasteiger partial charge in [-0.1, -0.05) is 87.9 Å². The first kappa shape index (κ1) is 49.0. The Hall–Kier alpha value is -6.37. The maximum atomic E-state index is 14.3. The van der Waals surface area contributed by atoms with Crippen LogP contribution in [0.5, 0.6) is 0 Å². The van der Waals surface area contributed by atoms with Crippen LogP contribution in [0.15, 0.2) is 60.7 Å². The molecule has 2 aromatic rings. The smallest absolute Gasteiger partial charge is 0.407 e. The van der Waals surface area contributed by atoms with E-state index in [1.54, 1.807) is 37.3 Å². The molecule has 61 heavy (non-hydrogen) atoms. The second-order valence-corrected chi connectivity index (χ2v) is 14.9. The van der Waals surface area contributed by atoms with Crippen LogP contribution in [-0.4, -0.2) is 114 Å². The van der Waals surface area contributed by atoms with E-state index >= 15 is 0 Å². The molecule has 1 fully saturated rings. The van der Waals surface area contributed by atoms with Crippen molar-refractivity contribution in [1.29, 1.82) is 0 Å². The highest BCUT2D eigenvalue weighted by atomic mass is 16.5. The average molecular weight is 852 g/mol. The van der Waals surface area contributed by atoms with Gasteiger partial charge in [0.05, 0.1) is 38.3 Å². The van der Waals surface area contributed by atoms with Gasteiger partial charge < -0.3 is 51.8 Å². The number of hydrogen-bond acceptors (Lipinski definition) is 11. The van der Waals surface area contributed by atoms with E-state index in [2.05, 4.69) is 26.6 Å². The molecule has 0 radical (unpaired) electrons. The molecule has 0 aliphatic carbocycles. The molecule has 19 nitrogen and oxygen atoms in total. The quantitative estimate of drug-likeness (QED) is 0.0544. The number of ketones is 1. The van der Waals surface area contributed by atoms with E-state index in [0.29, 0.717) is 12.0 Å². The molecule has 1 aliphatic heterocycles. The first-order valence-electron chi connectivity index (χ1n) is 20.2. The van der Waals surface area contributed by atoms with E-state index in [9.17, 15) is 43.2 Å². The predicted octanol–water partition coefficient (Wildman–Crippen LogP) is 0.998. The third-order valence-electron chi connectivity index (χ3n) is 9.44. The van der Waals surface area contributed by atoms with Gasteiger partial charge in [0.2, 0.25) is 35.3 Å². The Morgan fingerprint density at radius 3 is 2.13 bits per heavy atom. The maximum Gasteiger partial charge on any atom is 0.407 e. The third-order valence-corrected chi connectivity index (χ3v) is 9.44. The minimum absolute atomic E-state index is 0.00357. The Balaban J connectivity index is 1.77. The highest BCUT2D eigenvalue weighted by Gasteiger charge is 2.43. The normalized spacial score (nSPS) is 16.0. The number of rotatable bonds is 25. The van der Waals surface area contributed by atoms with E-state index in [0.717, 1.165) is 5.56 Å². The second-order valence-electron chi connectivity index (χ2n) is 14.9. The number of nitrogens with zero attached hydrogens (tertiary/aromatic N) is 1. The summed E-state index contributed by atoms with van der Waals surface area (Å²) in [5, 5.41) is 21.3. The van der Waals surface area contributed by atoms with E-state index in [-0.39, 0.29) is 70.7 Å². The Kier molecular flexibility index (Phi) is 20.3. The number of carbonyl (C=O) groups is 9. The molecular weight excluding hydrogens is 794 g/mol. The van der Waals surface area contributed by atoms with Crippen molar-refractivity contribution in [1.82, 2.24) is 31.5 Å². The molecule has 0 bridgehead atoms. The molecule has 2 aromatic carbocycles. The zero-order valence-corrected chi connectivity index (χ0v) is 34.7. The summed E-state index contributed by atoms with van der Waals surface area (Å²) in [4.78, 5) is 117. The maximum absolute atomic E-state index is 14.3. The first-order valence-corrected chi connectivity index (χ1v) is 20.2. The summed E-state index contributed by atoms with van der Waals surface area (Å²) in [6.07, 6.45) is -1.59. The number of primary amides is 1. The van der Waals surface area contributed by atoms with Crippen LogP contribution in [0.25, 0.3) is 0 Å². The largest absolute Gasteiger partial charge is 0.481 e. The van der Waals surface area contributed by atoms with Gasteiger partial charge in [-0.3, -0.25) is 38.4 Å². The van der Waals surface area contributed by atoms with Gasteiger partial charge in [0, 0.05) is 25.9 Å². The van der Waals surface area contributed by atoms with Crippen LogP contribution in [0.4, 0.5) is 4.79 Å². The van der Waals surface area contributed by atoms with Crippen molar-refractivity contribution in [2.75, 3.05) is 26.2 Å². The molecule has 1 aliphatic rings. The van der Waals surface area contributed by atoms with Crippen LogP contribution >= 0.6 is 0 Å². The number of alkyl carbamates (subject to hydrolysis) is 1. The number of carboxylic acid groups (broad SMARTS) is 1. The summed E-state index contributed by atoms with van der Waals surface area (Å²) >= 11 is 0. The lowest BCUT2D eigenvalue weighted by molar-refractivity contribution is -0.143. The molecule has 8 N–H and O–H groups in total. The number of carbonyl (C=O) groups excluding carboxylic acids is 8. The molecular formula is C42H57N7O12. The van der Waals surface area contributed by atoms with Crippen LogP contribution in [0.2, 0.25) is 0 Å². The third kappa shape index (κ3) is 17.0. The Bertz CT molecular complexity index is 1830. The van der Waals surface area contributed by atoms with Gasteiger partial charge in [-0.15, -0.1) is 0 Å². The first-order chi connectivity index (χ1) is 29.1. The minimum atomic E-state index is -1.35. The summed E-state index contributed by atoms with van der Waals surface area (Å²) < 4.78 is 11.4. The number of nitrogens with two attached hydrogens (primary N) is 1. The SMILES string of the molecule is CCCC(NC(=O)[C@@H]1C[C@@H](OCc2ccccc2)CN1C(=O)[C@H](CCCNC(=O)CCC(=O)O)NC(=O)OCC(C)C)C(=O)C(=O)NCC(=O)N[C@H](C(N)=O)c1ccccc1. The molecule has 1 heterocycles. The summed E-state index contributed by atoms with van der Waals surface area (Å²) in [6.45, 7) is 4.90. The number of Topliss-reactive ketones (excluding diaryl/α,β-unsaturated/α-hetero) is 1. The number of nitrogens with one attached hydrogen (secondary N) is 5. The van der Waals surface area contributed by atoms with Gasteiger partial charge >= 0.3 is 12.1 Å². The number of hydrogen-bond donors (Lipinski definition) is 7. The van der Waals surface area contributed by atoms with Crippen LogP contribution in [0.1, 0.15) is 82.9 Å². The molecule has 19 heteroatoms. The highest BCUT2D eigenvalue weighted by molar-refractivity contribution is 6.38. The molecule has 0 spiro atoms. The Morgan fingerprint density at radius 2 is 1.51 bits per heavy atom. The van der Waals surface area contributed by atoms with Crippen LogP contribution in [-0.2, 0) is 54.4 Å². The van der Waals surface area contributed by atoms with Crippen LogP contribution in [0, 0.1) is 5.92 Å². The molecule has 5 atom stereocenters. The fourth-order valence-corrected chi connectivity index (χ4v) is 6.33. The molecule has 0 aromatic heterocycles. The zero-order chi connectivity index (χ0) is 44.9. The lowest BCUT2D eigenvalue weighted by Gasteiger charge is -2.29. The number of ether oxygens (including phenoxy) is 2. The number of amides is 7. The van der Waals surface area contributed by atoms with Crippen molar-refractivity contribution in [3.63, 3.8) is 0 Å². The molecule has 0 saturated carbocycles. The lowest BCUT2D eigenvalue weighted by Crippen LogP contribution is -2.56. The summed E-state index contributed by atoms with van der Waals surface area (Å²) in [5.41, 5.74) is 6.72. The van der Waals surface area contributed by atoms with Crippen molar-refractivity contribution in [2.24, 2.45) is 11.7 Å².